The normalized spacial score (nSPS) is 17.3. The first-order valence-electron chi connectivity index (χ1n) is 12.6. The molecule has 1 saturated carbocycles. The van der Waals surface area contributed by atoms with E-state index >= 15 is 0 Å². The van der Waals surface area contributed by atoms with E-state index in [0.29, 0.717) is 28.3 Å². The van der Waals surface area contributed by atoms with Crippen LogP contribution in [0.3, 0.4) is 0 Å². The molecule has 1 aromatic heterocycles. The molecule has 1 N–H and O–H groups in total. The molecule has 1 amide bonds. The number of carbonyl (C=O) groups is 1. The average Bonchev–Trinajstić information content (AvgIpc) is 3.39. The maximum absolute atomic E-state index is 13.2. The molecule has 1 aromatic carbocycles. The Morgan fingerprint density at radius 2 is 1.86 bits per heavy atom. The van der Waals surface area contributed by atoms with Gasteiger partial charge in [-0.15, -0.1) is 0 Å². The molecule has 0 atom stereocenters. The number of benzene rings is 1. The van der Waals surface area contributed by atoms with Crippen molar-refractivity contribution in [3.8, 4) is 6.07 Å². The highest BCUT2D eigenvalue weighted by atomic mass is 79.9. The minimum atomic E-state index is -0.188. The second-order valence-electron chi connectivity index (χ2n) is 9.49. The van der Waals surface area contributed by atoms with Crippen LogP contribution >= 0.6 is 15.9 Å². The van der Waals surface area contributed by atoms with Gasteiger partial charge in [-0.2, -0.15) is 10.2 Å². The van der Waals surface area contributed by atoms with Crippen molar-refractivity contribution < 1.29 is 4.79 Å². The molecule has 4 rings (SSSR count). The number of piperazine rings is 1. The van der Waals surface area contributed by atoms with Gasteiger partial charge in [0, 0.05) is 51.0 Å². The Morgan fingerprint density at radius 3 is 2.51 bits per heavy atom. The molecule has 1 aliphatic heterocycles. The molecule has 0 radical (unpaired) electrons. The number of hydrazine groups is 1. The third kappa shape index (κ3) is 7.00. The number of halogens is 1. The van der Waals surface area contributed by atoms with Crippen LogP contribution < -0.4 is 10.4 Å². The second-order valence-corrected chi connectivity index (χ2v) is 10.3. The number of carbonyl (C=O) groups excluding carboxylic acids is 1. The molecular formula is C26H34BrN7O. The molecule has 186 valence electrons. The van der Waals surface area contributed by atoms with Gasteiger partial charge in [0.05, 0.1) is 4.47 Å². The number of hydrogen-bond donors (Lipinski definition) is 1. The Labute approximate surface area is 216 Å². The minimum Gasteiger partial charge on any atom is -0.301 e. The fraction of sp³-hybridized carbons (Fsp3) is 0.538. The van der Waals surface area contributed by atoms with Gasteiger partial charge in [-0.25, -0.2) is 4.98 Å². The average molecular weight is 541 g/mol. The summed E-state index contributed by atoms with van der Waals surface area (Å²) in [5.74, 6) is 0.874. The summed E-state index contributed by atoms with van der Waals surface area (Å²) in [6.45, 7) is 9.36. The molecule has 2 aromatic rings. The van der Waals surface area contributed by atoms with Crippen LogP contribution in [0.25, 0.3) is 0 Å². The van der Waals surface area contributed by atoms with Crippen LogP contribution in [0.4, 0.5) is 5.82 Å². The van der Waals surface area contributed by atoms with E-state index < -0.39 is 0 Å². The summed E-state index contributed by atoms with van der Waals surface area (Å²) < 4.78 is 0.643. The first-order valence-corrected chi connectivity index (χ1v) is 13.4. The fourth-order valence-corrected chi connectivity index (χ4v) is 5.34. The van der Waals surface area contributed by atoms with Gasteiger partial charge in [0.15, 0.2) is 5.82 Å². The summed E-state index contributed by atoms with van der Waals surface area (Å²) in [6, 6.07) is 9.86. The Balaban J connectivity index is 1.41. The van der Waals surface area contributed by atoms with Gasteiger partial charge in [-0.1, -0.05) is 31.9 Å². The zero-order chi connectivity index (χ0) is 24.6. The number of hydrogen-bond acceptors (Lipinski definition) is 7. The van der Waals surface area contributed by atoms with Crippen LogP contribution in [0.5, 0.6) is 0 Å². The largest absolute Gasteiger partial charge is 0.301 e. The molecule has 0 unspecified atom stereocenters. The number of nitriles is 1. The van der Waals surface area contributed by atoms with E-state index in [4.69, 9.17) is 0 Å². The summed E-state index contributed by atoms with van der Waals surface area (Å²) >= 11 is 3.49. The van der Waals surface area contributed by atoms with E-state index in [9.17, 15) is 10.1 Å². The number of amides is 1. The van der Waals surface area contributed by atoms with Crippen molar-refractivity contribution in [2.24, 2.45) is 5.92 Å². The van der Waals surface area contributed by atoms with Crippen molar-refractivity contribution in [3.05, 3.63) is 51.9 Å². The molecule has 2 fully saturated rings. The molecule has 9 heteroatoms. The lowest BCUT2D eigenvalue weighted by Crippen LogP contribution is -2.46. The highest BCUT2D eigenvalue weighted by Crippen LogP contribution is 2.29. The molecule has 0 spiro atoms. The van der Waals surface area contributed by atoms with Gasteiger partial charge in [-0.3, -0.25) is 20.1 Å². The molecule has 2 aliphatic rings. The van der Waals surface area contributed by atoms with E-state index in [1.807, 2.05) is 30.3 Å². The van der Waals surface area contributed by atoms with Crippen LogP contribution in [0, 0.1) is 17.2 Å². The number of rotatable bonds is 9. The highest BCUT2D eigenvalue weighted by molar-refractivity contribution is 9.10. The number of nitrogens with one attached hydrogen (secondary N) is 1. The molecule has 1 aliphatic carbocycles. The molecule has 2 heterocycles. The number of aromatic nitrogens is 2. The summed E-state index contributed by atoms with van der Waals surface area (Å²) in [6.07, 6.45) is 7.43. The van der Waals surface area contributed by atoms with Gasteiger partial charge in [0.2, 0.25) is 5.82 Å². The van der Waals surface area contributed by atoms with E-state index in [0.717, 1.165) is 45.6 Å². The number of nitrogens with zero attached hydrogens (tertiary/aromatic N) is 6. The van der Waals surface area contributed by atoms with E-state index in [1.165, 1.54) is 31.4 Å². The maximum atomic E-state index is 13.2. The fourth-order valence-electron chi connectivity index (χ4n) is 4.93. The second kappa shape index (κ2) is 12.4. The van der Waals surface area contributed by atoms with E-state index in [1.54, 1.807) is 11.2 Å². The first kappa shape index (κ1) is 25.5. The maximum Gasteiger partial charge on any atom is 0.269 e. The van der Waals surface area contributed by atoms with Crippen molar-refractivity contribution in [3.63, 3.8) is 0 Å². The molecular weight excluding hydrogens is 506 g/mol. The van der Waals surface area contributed by atoms with Crippen molar-refractivity contribution in [1.29, 1.82) is 5.26 Å². The predicted molar refractivity (Wildman–Crippen MR) is 140 cm³/mol. The van der Waals surface area contributed by atoms with E-state index in [2.05, 4.69) is 48.0 Å². The van der Waals surface area contributed by atoms with Crippen LogP contribution in [-0.2, 0) is 6.54 Å². The summed E-state index contributed by atoms with van der Waals surface area (Å²) in [5, 5.41) is 11.0. The Hall–Kier alpha value is -2.54. The predicted octanol–water partition coefficient (Wildman–Crippen LogP) is 3.98. The molecule has 0 bridgehead atoms. The van der Waals surface area contributed by atoms with Crippen molar-refractivity contribution >= 4 is 27.7 Å². The minimum absolute atomic E-state index is 0.0775. The highest BCUT2D eigenvalue weighted by Gasteiger charge is 2.24. The van der Waals surface area contributed by atoms with Gasteiger partial charge in [0.1, 0.15) is 6.07 Å². The smallest absolute Gasteiger partial charge is 0.269 e. The van der Waals surface area contributed by atoms with Gasteiger partial charge in [0.25, 0.3) is 5.91 Å². The van der Waals surface area contributed by atoms with Crippen LogP contribution in [0.15, 0.2) is 34.9 Å². The lowest BCUT2D eigenvalue weighted by atomic mass is 10.1. The zero-order valence-electron chi connectivity index (χ0n) is 20.4. The van der Waals surface area contributed by atoms with E-state index in [-0.39, 0.29) is 11.7 Å². The van der Waals surface area contributed by atoms with Crippen molar-refractivity contribution in [1.82, 2.24) is 25.2 Å². The van der Waals surface area contributed by atoms with Gasteiger partial charge >= 0.3 is 0 Å². The molecule has 1 saturated heterocycles. The third-order valence-electron chi connectivity index (χ3n) is 6.86. The lowest BCUT2D eigenvalue weighted by Gasteiger charge is -2.34. The van der Waals surface area contributed by atoms with Crippen molar-refractivity contribution in [2.45, 2.75) is 45.6 Å². The summed E-state index contributed by atoms with van der Waals surface area (Å²) in [7, 11) is 0. The Kier molecular flexibility index (Phi) is 9.07. The standard InChI is InChI=1S/C26H34BrN7O/c1-2-11-32-12-14-33(15-13-32)18-21-7-9-22(10-8-21)26(35)31-34(19-20-5-3-4-6-20)25-23(27)17-29-24(16-28)30-25/h7-10,17,20H,2-6,11-15,18-19H2,1H3,(H,31,35). The zero-order valence-corrected chi connectivity index (χ0v) is 22.0. The molecule has 35 heavy (non-hydrogen) atoms. The summed E-state index contributed by atoms with van der Waals surface area (Å²) in [5.41, 5.74) is 4.85. The van der Waals surface area contributed by atoms with Crippen molar-refractivity contribution in [2.75, 3.05) is 44.3 Å². The third-order valence-corrected chi connectivity index (χ3v) is 7.42. The Morgan fingerprint density at radius 1 is 1.17 bits per heavy atom. The summed E-state index contributed by atoms with van der Waals surface area (Å²) in [4.78, 5) is 26.5. The van der Waals surface area contributed by atoms with Gasteiger partial charge < -0.3 is 4.90 Å². The molecule has 8 nitrogen and oxygen atoms in total. The monoisotopic (exact) mass is 539 g/mol. The van der Waals surface area contributed by atoms with Crippen LogP contribution in [0.1, 0.15) is 60.8 Å². The lowest BCUT2D eigenvalue weighted by molar-refractivity contribution is 0.0946. The van der Waals surface area contributed by atoms with Gasteiger partial charge in [-0.05, 0) is 65.4 Å². The quantitative estimate of drug-likeness (QED) is 0.482. The van der Waals surface area contributed by atoms with Crippen LogP contribution in [-0.4, -0.2) is 64.9 Å². The topological polar surface area (TPSA) is 88.4 Å². The Bertz CT molecular complexity index is 1020. The SMILES string of the molecule is CCCN1CCN(Cc2ccc(C(=O)NN(CC3CCCC3)c3nc(C#N)ncc3Br)cc2)CC1. The van der Waals surface area contributed by atoms with Crippen LogP contribution in [0.2, 0.25) is 0 Å². The number of anilines is 1. The first-order chi connectivity index (χ1) is 17.1.